The summed E-state index contributed by atoms with van der Waals surface area (Å²) in [7, 11) is 0. The highest BCUT2D eigenvalue weighted by Gasteiger charge is 2.24. The number of piperazine rings is 1. The number of amides is 3. The Labute approximate surface area is 118 Å². The molecule has 1 aromatic heterocycles. The summed E-state index contributed by atoms with van der Waals surface area (Å²) in [5, 5.41) is 2.86. The van der Waals surface area contributed by atoms with Gasteiger partial charge in [-0.05, 0) is 26.0 Å². The van der Waals surface area contributed by atoms with Gasteiger partial charge in [0.2, 0.25) is 0 Å². The topological polar surface area (TPSA) is 65.5 Å². The van der Waals surface area contributed by atoms with Gasteiger partial charge >= 0.3 is 6.03 Å². The van der Waals surface area contributed by atoms with E-state index in [2.05, 4.69) is 10.3 Å². The Bertz CT molecular complexity index is 467. The van der Waals surface area contributed by atoms with Crippen molar-refractivity contribution < 1.29 is 9.59 Å². The number of nitrogens with one attached hydrogen (secondary N) is 1. The first-order valence-corrected chi connectivity index (χ1v) is 6.82. The van der Waals surface area contributed by atoms with Crippen molar-refractivity contribution in [2.24, 2.45) is 0 Å². The lowest BCUT2D eigenvalue weighted by Crippen LogP contribution is -2.54. The molecule has 1 aromatic rings. The van der Waals surface area contributed by atoms with E-state index in [1.165, 1.54) is 0 Å². The molecular weight excluding hydrogens is 256 g/mol. The van der Waals surface area contributed by atoms with Crippen molar-refractivity contribution >= 4 is 11.9 Å². The van der Waals surface area contributed by atoms with Crippen LogP contribution >= 0.6 is 0 Å². The maximum absolute atomic E-state index is 12.2. The molecular formula is C14H20N4O2. The molecule has 2 rings (SSSR count). The van der Waals surface area contributed by atoms with E-state index in [1.54, 1.807) is 34.3 Å². The van der Waals surface area contributed by atoms with Gasteiger partial charge in [-0.1, -0.05) is 0 Å². The molecule has 1 aliphatic heterocycles. The van der Waals surface area contributed by atoms with Crippen LogP contribution < -0.4 is 5.32 Å². The molecule has 0 atom stereocenters. The maximum atomic E-state index is 12.2. The van der Waals surface area contributed by atoms with E-state index in [9.17, 15) is 9.59 Å². The third kappa shape index (κ3) is 3.46. The summed E-state index contributed by atoms with van der Waals surface area (Å²) in [6, 6.07) is 3.57. The Morgan fingerprint density at radius 1 is 1.20 bits per heavy atom. The highest BCUT2D eigenvalue weighted by molar-refractivity contribution is 5.94. The second-order valence-corrected chi connectivity index (χ2v) is 5.13. The fourth-order valence-electron chi connectivity index (χ4n) is 2.12. The lowest BCUT2D eigenvalue weighted by atomic mass is 10.2. The minimum Gasteiger partial charge on any atom is -0.336 e. The molecule has 3 amide bonds. The zero-order valence-electron chi connectivity index (χ0n) is 11.9. The van der Waals surface area contributed by atoms with Crippen LogP contribution in [0, 0.1) is 0 Å². The van der Waals surface area contributed by atoms with Crippen molar-refractivity contribution in [1.29, 1.82) is 0 Å². The normalized spacial score (nSPS) is 15.3. The van der Waals surface area contributed by atoms with Gasteiger partial charge in [0, 0.05) is 44.6 Å². The minimum absolute atomic E-state index is 0.0259. The Morgan fingerprint density at radius 2 is 1.85 bits per heavy atom. The van der Waals surface area contributed by atoms with Crippen LogP contribution in [0.15, 0.2) is 24.5 Å². The van der Waals surface area contributed by atoms with Gasteiger partial charge in [-0.3, -0.25) is 9.78 Å². The lowest BCUT2D eigenvalue weighted by molar-refractivity contribution is 0.0663. The molecule has 0 spiro atoms. The minimum atomic E-state index is -0.0616. The molecule has 0 aromatic carbocycles. The molecule has 1 saturated heterocycles. The van der Waals surface area contributed by atoms with Crippen LogP contribution in [0.2, 0.25) is 0 Å². The number of carbonyl (C=O) groups is 2. The molecule has 0 bridgehead atoms. The molecule has 1 fully saturated rings. The molecule has 0 unspecified atom stereocenters. The van der Waals surface area contributed by atoms with Crippen molar-refractivity contribution in [3.05, 3.63) is 30.1 Å². The van der Waals surface area contributed by atoms with Crippen molar-refractivity contribution in [1.82, 2.24) is 20.1 Å². The first-order valence-electron chi connectivity index (χ1n) is 6.82. The van der Waals surface area contributed by atoms with E-state index < -0.39 is 0 Å². The number of hydrogen-bond acceptors (Lipinski definition) is 3. The standard InChI is InChI=1S/C14H20N4O2/c1-11(2)16-14(20)18-8-6-17(7-9-18)13(19)12-4-3-5-15-10-12/h3-5,10-11H,6-9H2,1-2H3,(H,16,20). The largest absolute Gasteiger partial charge is 0.336 e. The number of pyridine rings is 1. The molecule has 0 aliphatic carbocycles. The molecule has 2 heterocycles. The smallest absolute Gasteiger partial charge is 0.317 e. The van der Waals surface area contributed by atoms with Crippen LogP contribution in [0.3, 0.4) is 0 Å². The SMILES string of the molecule is CC(C)NC(=O)N1CCN(C(=O)c2cccnc2)CC1. The second-order valence-electron chi connectivity index (χ2n) is 5.13. The Balaban J connectivity index is 1.88. The first-order chi connectivity index (χ1) is 9.58. The quantitative estimate of drug-likeness (QED) is 0.875. The fraction of sp³-hybridized carbons (Fsp3) is 0.500. The number of carbonyl (C=O) groups excluding carboxylic acids is 2. The molecule has 1 N–H and O–H groups in total. The van der Waals surface area contributed by atoms with Crippen molar-refractivity contribution in [3.8, 4) is 0 Å². The highest BCUT2D eigenvalue weighted by Crippen LogP contribution is 2.08. The lowest BCUT2D eigenvalue weighted by Gasteiger charge is -2.35. The van der Waals surface area contributed by atoms with Crippen LogP contribution in [0.25, 0.3) is 0 Å². The summed E-state index contributed by atoms with van der Waals surface area (Å²) in [4.78, 5) is 31.5. The summed E-state index contributed by atoms with van der Waals surface area (Å²) < 4.78 is 0. The average Bonchev–Trinajstić information content (AvgIpc) is 2.47. The van der Waals surface area contributed by atoms with E-state index in [0.29, 0.717) is 31.7 Å². The third-order valence-corrected chi connectivity index (χ3v) is 3.17. The summed E-state index contributed by atoms with van der Waals surface area (Å²) in [6.45, 7) is 6.09. The number of hydrogen-bond donors (Lipinski definition) is 1. The van der Waals surface area contributed by atoms with Gasteiger partial charge in [0.25, 0.3) is 5.91 Å². The van der Waals surface area contributed by atoms with E-state index in [-0.39, 0.29) is 18.0 Å². The van der Waals surface area contributed by atoms with Crippen LogP contribution in [-0.4, -0.2) is 58.9 Å². The van der Waals surface area contributed by atoms with Crippen molar-refractivity contribution in [2.45, 2.75) is 19.9 Å². The Morgan fingerprint density at radius 3 is 2.40 bits per heavy atom. The van der Waals surface area contributed by atoms with E-state index in [1.807, 2.05) is 13.8 Å². The van der Waals surface area contributed by atoms with Crippen LogP contribution in [0.5, 0.6) is 0 Å². The summed E-state index contributed by atoms with van der Waals surface area (Å²) in [5.74, 6) is -0.0259. The van der Waals surface area contributed by atoms with Crippen molar-refractivity contribution in [3.63, 3.8) is 0 Å². The zero-order valence-corrected chi connectivity index (χ0v) is 11.9. The molecule has 6 nitrogen and oxygen atoms in total. The maximum Gasteiger partial charge on any atom is 0.317 e. The summed E-state index contributed by atoms with van der Waals surface area (Å²) in [5.41, 5.74) is 0.590. The molecule has 108 valence electrons. The third-order valence-electron chi connectivity index (χ3n) is 3.17. The predicted molar refractivity (Wildman–Crippen MR) is 75.4 cm³/mol. The van der Waals surface area contributed by atoms with Crippen molar-refractivity contribution in [2.75, 3.05) is 26.2 Å². The number of aromatic nitrogens is 1. The highest BCUT2D eigenvalue weighted by atomic mass is 16.2. The van der Waals surface area contributed by atoms with Gasteiger partial charge in [0.1, 0.15) is 0 Å². The zero-order chi connectivity index (χ0) is 14.5. The monoisotopic (exact) mass is 276 g/mol. The van der Waals surface area contributed by atoms with Crippen LogP contribution in [-0.2, 0) is 0 Å². The molecule has 1 aliphatic rings. The average molecular weight is 276 g/mol. The molecule has 0 saturated carbocycles. The van der Waals surface area contributed by atoms with Gasteiger partial charge in [-0.25, -0.2) is 4.79 Å². The second kappa shape index (κ2) is 6.36. The predicted octanol–water partition coefficient (Wildman–Crippen LogP) is 0.957. The summed E-state index contributed by atoms with van der Waals surface area (Å²) in [6.07, 6.45) is 3.21. The number of nitrogens with zero attached hydrogens (tertiary/aromatic N) is 3. The van der Waals surface area contributed by atoms with E-state index in [0.717, 1.165) is 0 Å². The van der Waals surface area contributed by atoms with Gasteiger partial charge in [0.05, 0.1) is 5.56 Å². The van der Waals surface area contributed by atoms with Gasteiger partial charge < -0.3 is 15.1 Å². The number of rotatable bonds is 2. The van der Waals surface area contributed by atoms with Crippen LogP contribution in [0.1, 0.15) is 24.2 Å². The molecule has 6 heteroatoms. The van der Waals surface area contributed by atoms with E-state index in [4.69, 9.17) is 0 Å². The fourth-order valence-corrected chi connectivity index (χ4v) is 2.12. The van der Waals surface area contributed by atoms with Gasteiger partial charge in [0.15, 0.2) is 0 Å². The molecule has 0 radical (unpaired) electrons. The Kier molecular flexibility index (Phi) is 4.55. The van der Waals surface area contributed by atoms with E-state index >= 15 is 0 Å². The first kappa shape index (κ1) is 14.3. The van der Waals surface area contributed by atoms with Crippen LogP contribution in [0.4, 0.5) is 4.79 Å². The molecule has 20 heavy (non-hydrogen) atoms. The van der Waals surface area contributed by atoms with Gasteiger partial charge in [-0.2, -0.15) is 0 Å². The Hall–Kier alpha value is -2.11. The summed E-state index contributed by atoms with van der Waals surface area (Å²) >= 11 is 0. The number of urea groups is 1. The van der Waals surface area contributed by atoms with Gasteiger partial charge in [-0.15, -0.1) is 0 Å².